The Labute approximate surface area is 176 Å². The monoisotopic (exact) mass is 428 g/mol. The van der Waals surface area contributed by atoms with Crippen molar-refractivity contribution in [1.82, 2.24) is 0 Å². The Kier molecular flexibility index (Phi) is 5.57. The number of nitro benzene ring substituents is 1. The highest BCUT2D eigenvalue weighted by Gasteiger charge is 2.30. The summed E-state index contributed by atoms with van der Waals surface area (Å²) in [5, 5.41) is 26.0. The summed E-state index contributed by atoms with van der Waals surface area (Å²) in [6, 6.07) is 8.79. The van der Waals surface area contributed by atoms with E-state index in [2.05, 4.69) is 5.10 Å². The van der Waals surface area contributed by atoms with E-state index >= 15 is 0 Å². The Bertz CT molecular complexity index is 1140. The third-order valence-corrected chi connectivity index (χ3v) is 4.81. The number of carbonyl (C=O) groups excluding carboxylic acids is 1. The molecule has 1 heterocycles. The Morgan fingerprint density at radius 2 is 1.97 bits per heavy atom. The minimum atomic E-state index is -1.22. The van der Waals surface area contributed by atoms with Crippen molar-refractivity contribution in [3.8, 4) is 0 Å². The Morgan fingerprint density at radius 1 is 1.27 bits per heavy atom. The number of hydrogen-bond acceptors (Lipinski definition) is 6. The van der Waals surface area contributed by atoms with Crippen molar-refractivity contribution in [3.63, 3.8) is 0 Å². The van der Waals surface area contributed by atoms with E-state index in [-0.39, 0.29) is 27.5 Å². The van der Waals surface area contributed by atoms with Crippen molar-refractivity contribution in [2.45, 2.75) is 6.92 Å². The van der Waals surface area contributed by atoms with Crippen LogP contribution in [0.2, 0.25) is 5.02 Å². The maximum atomic E-state index is 12.9. The standard InChI is InChI=1S/C20H17ClN4O5/c1-11-14(8-12-4-7-17(23(2)3)18(9-12)25(29)30)19(26)24(22-11)13-5-6-16(21)15(10-13)20(27)28/h4-10H,1-3H3,(H,27,28)/b14-8-. The van der Waals surface area contributed by atoms with Crippen LogP contribution >= 0.6 is 11.6 Å². The van der Waals surface area contributed by atoms with Crippen LogP contribution in [0.1, 0.15) is 22.8 Å². The van der Waals surface area contributed by atoms with Gasteiger partial charge >= 0.3 is 5.97 Å². The summed E-state index contributed by atoms with van der Waals surface area (Å²) in [6.07, 6.45) is 1.52. The molecule has 1 aliphatic heterocycles. The molecule has 0 fully saturated rings. The van der Waals surface area contributed by atoms with Crippen LogP contribution in [0.3, 0.4) is 0 Å². The first-order valence-corrected chi connectivity index (χ1v) is 9.08. The van der Waals surface area contributed by atoms with E-state index in [1.54, 1.807) is 38.1 Å². The normalized spacial score (nSPS) is 14.8. The first-order valence-electron chi connectivity index (χ1n) is 8.70. The largest absolute Gasteiger partial charge is 0.478 e. The lowest BCUT2D eigenvalue weighted by Crippen LogP contribution is -2.21. The van der Waals surface area contributed by atoms with Crippen molar-refractivity contribution in [1.29, 1.82) is 0 Å². The molecule has 0 radical (unpaired) electrons. The highest BCUT2D eigenvalue weighted by molar-refractivity contribution is 6.34. The number of benzene rings is 2. The number of carboxylic acid groups (broad SMARTS) is 1. The molecule has 30 heavy (non-hydrogen) atoms. The third kappa shape index (κ3) is 3.87. The number of nitrogens with zero attached hydrogens (tertiary/aromatic N) is 4. The molecule has 0 unspecified atom stereocenters. The second-order valence-electron chi connectivity index (χ2n) is 6.73. The number of anilines is 2. The van der Waals surface area contributed by atoms with Gasteiger partial charge in [0.2, 0.25) is 0 Å². The molecule has 2 aromatic rings. The van der Waals surface area contributed by atoms with Crippen LogP contribution in [0.5, 0.6) is 0 Å². The Morgan fingerprint density at radius 3 is 2.57 bits per heavy atom. The molecule has 10 heteroatoms. The van der Waals surface area contributed by atoms with Crippen LogP contribution in [-0.2, 0) is 4.79 Å². The minimum Gasteiger partial charge on any atom is -0.478 e. The Balaban J connectivity index is 1.99. The fourth-order valence-electron chi connectivity index (χ4n) is 2.99. The number of halogens is 1. The Hall–Kier alpha value is -3.72. The lowest BCUT2D eigenvalue weighted by atomic mass is 10.1. The minimum absolute atomic E-state index is 0.0441. The zero-order chi connectivity index (χ0) is 22.2. The van der Waals surface area contributed by atoms with E-state index in [1.165, 1.54) is 30.3 Å². The molecule has 154 valence electrons. The van der Waals surface area contributed by atoms with E-state index in [0.717, 1.165) is 5.01 Å². The lowest BCUT2D eigenvalue weighted by molar-refractivity contribution is -0.384. The number of hydrogen-bond donors (Lipinski definition) is 1. The van der Waals surface area contributed by atoms with Gasteiger partial charge in [0.25, 0.3) is 11.6 Å². The number of nitro groups is 1. The number of carbonyl (C=O) groups is 2. The molecule has 1 aliphatic rings. The lowest BCUT2D eigenvalue weighted by Gasteiger charge is -2.13. The van der Waals surface area contributed by atoms with Crippen LogP contribution in [0.25, 0.3) is 6.08 Å². The summed E-state index contributed by atoms with van der Waals surface area (Å²) in [5.41, 5.74) is 1.55. The topological polar surface area (TPSA) is 116 Å². The molecule has 0 atom stereocenters. The molecule has 1 N–H and O–H groups in total. The molecule has 0 saturated carbocycles. The van der Waals surface area contributed by atoms with Crippen LogP contribution < -0.4 is 9.91 Å². The molecule has 1 amide bonds. The summed E-state index contributed by atoms with van der Waals surface area (Å²) in [5.74, 6) is -1.70. The maximum Gasteiger partial charge on any atom is 0.337 e. The fourth-order valence-corrected chi connectivity index (χ4v) is 3.19. The van der Waals surface area contributed by atoms with Gasteiger partial charge in [-0.05, 0) is 42.8 Å². The van der Waals surface area contributed by atoms with Crippen LogP contribution in [0.15, 0.2) is 47.1 Å². The van der Waals surface area contributed by atoms with Gasteiger partial charge in [-0.25, -0.2) is 4.79 Å². The summed E-state index contributed by atoms with van der Waals surface area (Å²) in [4.78, 5) is 36.8. The van der Waals surface area contributed by atoms with Crippen molar-refractivity contribution < 1.29 is 19.6 Å². The summed E-state index contributed by atoms with van der Waals surface area (Å²) in [7, 11) is 3.40. The number of aromatic carboxylic acids is 1. The highest BCUT2D eigenvalue weighted by atomic mass is 35.5. The van der Waals surface area contributed by atoms with Gasteiger partial charge in [-0.3, -0.25) is 14.9 Å². The van der Waals surface area contributed by atoms with Crippen molar-refractivity contribution in [2.75, 3.05) is 24.0 Å². The third-order valence-electron chi connectivity index (χ3n) is 4.48. The fraction of sp³-hybridized carbons (Fsp3) is 0.150. The van der Waals surface area contributed by atoms with Crippen molar-refractivity contribution >= 4 is 52.3 Å². The number of carboxylic acids is 1. The average molecular weight is 429 g/mol. The quantitative estimate of drug-likeness (QED) is 0.439. The highest BCUT2D eigenvalue weighted by Crippen LogP contribution is 2.31. The zero-order valence-electron chi connectivity index (χ0n) is 16.3. The van der Waals surface area contributed by atoms with Crippen LogP contribution in [-0.4, -0.2) is 41.7 Å². The van der Waals surface area contributed by atoms with Gasteiger partial charge in [0, 0.05) is 20.2 Å². The van der Waals surface area contributed by atoms with Crippen LogP contribution in [0.4, 0.5) is 17.1 Å². The summed E-state index contributed by atoms with van der Waals surface area (Å²) < 4.78 is 0. The van der Waals surface area contributed by atoms with Gasteiger partial charge in [-0.2, -0.15) is 10.1 Å². The molecule has 3 rings (SSSR count). The van der Waals surface area contributed by atoms with Crippen LogP contribution in [0, 0.1) is 10.1 Å². The van der Waals surface area contributed by atoms with E-state index in [1.807, 2.05) is 0 Å². The van der Waals surface area contributed by atoms with E-state index < -0.39 is 16.8 Å². The van der Waals surface area contributed by atoms with Gasteiger partial charge in [-0.15, -0.1) is 0 Å². The van der Waals surface area contributed by atoms with E-state index in [4.69, 9.17) is 11.6 Å². The first kappa shape index (κ1) is 21.0. The number of hydrazone groups is 1. The molecule has 9 nitrogen and oxygen atoms in total. The van der Waals surface area contributed by atoms with Crippen molar-refractivity contribution in [3.05, 3.63) is 68.2 Å². The molecule has 0 saturated heterocycles. The van der Waals surface area contributed by atoms with Gasteiger partial charge in [0.05, 0.1) is 32.5 Å². The molecule has 0 spiro atoms. The number of rotatable bonds is 5. The molecular weight excluding hydrogens is 412 g/mol. The summed E-state index contributed by atoms with van der Waals surface area (Å²) in [6.45, 7) is 1.63. The predicted octanol–water partition coefficient (Wildman–Crippen LogP) is 3.82. The molecular formula is C20H17ClN4O5. The SMILES string of the molecule is CC1=NN(c2ccc(Cl)c(C(=O)O)c2)C(=O)/C1=C\c1ccc(N(C)C)c([N+](=O)[O-])c1. The summed E-state index contributed by atoms with van der Waals surface area (Å²) >= 11 is 5.88. The van der Waals surface area contributed by atoms with Gasteiger partial charge in [-0.1, -0.05) is 17.7 Å². The molecule has 0 bridgehead atoms. The average Bonchev–Trinajstić information content (AvgIpc) is 2.96. The van der Waals surface area contributed by atoms with Gasteiger partial charge in [0.15, 0.2) is 0 Å². The smallest absolute Gasteiger partial charge is 0.337 e. The molecule has 0 aliphatic carbocycles. The predicted molar refractivity (Wildman–Crippen MR) is 114 cm³/mol. The second-order valence-corrected chi connectivity index (χ2v) is 7.14. The second kappa shape index (κ2) is 7.96. The molecule has 0 aromatic heterocycles. The zero-order valence-corrected chi connectivity index (χ0v) is 17.0. The van der Waals surface area contributed by atoms with E-state index in [0.29, 0.717) is 17.0 Å². The number of amides is 1. The molecule has 2 aromatic carbocycles. The van der Waals surface area contributed by atoms with Gasteiger partial charge < -0.3 is 10.0 Å². The first-order chi connectivity index (χ1) is 14.1. The maximum absolute atomic E-state index is 12.9. The van der Waals surface area contributed by atoms with Gasteiger partial charge in [0.1, 0.15) is 5.69 Å². The van der Waals surface area contributed by atoms with Crippen molar-refractivity contribution in [2.24, 2.45) is 5.10 Å². The van der Waals surface area contributed by atoms with E-state index in [9.17, 15) is 24.8 Å².